The van der Waals surface area contributed by atoms with Gasteiger partial charge in [0, 0.05) is 37.2 Å². The molecule has 2 aliphatic heterocycles. The predicted molar refractivity (Wildman–Crippen MR) is 96.0 cm³/mol. The number of methoxy groups -OCH3 is 1. The van der Waals surface area contributed by atoms with E-state index in [2.05, 4.69) is 15.4 Å². The monoisotopic (exact) mass is 409 g/mol. The third kappa shape index (κ3) is 3.70. The first-order valence-corrected chi connectivity index (χ1v) is 8.87. The number of halogens is 3. The largest absolute Gasteiger partial charge is 0.465 e. The van der Waals surface area contributed by atoms with Gasteiger partial charge in [0.25, 0.3) is 0 Å². The van der Waals surface area contributed by atoms with Gasteiger partial charge in [-0.25, -0.2) is 9.79 Å². The van der Waals surface area contributed by atoms with Crippen LogP contribution >= 0.6 is 0 Å². The van der Waals surface area contributed by atoms with Crippen LogP contribution in [0.5, 0.6) is 0 Å². The Labute approximate surface area is 163 Å². The molecule has 4 rings (SSSR count). The van der Waals surface area contributed by atoms with Crippen LogP contribution in [0.2, 0.25) is 0 Å². The number of aromatic nitrogens is 2. The van der Waals surface area contributed by atoms with E-state index in [4.69, 9.17) is 9.47 Å². The number of carbonyl (C=O) groups is 1. The average Bonchev–Trinajstić information content (AvgIpc) is 3.16. The molecule has 11 heteroatoms. The highest BCUT2D eigenvalue weighted by molar-refractivity contribution is 6.06. The number of pyridine rings is 1. The quantitative estimate of drug-likeness (QED) is 0.782. The number of fused-ring (bicyclic) bond motifs is 1. The standard InChI is InChI=1S/C18H18F3N5O3/c1-28-17(27)11-8-14-16(25-4-6-29-7-5-25)23-15(24-26(14)10-11)12-9-22-3-2-13(12)18(19,20)21/h2-3,8-10,16H,4-7H2,1H3,(H,23,24). The lowest BCUT2D eigenvalue weighted by Gasteiger charge is -2.35. The first-order chi connectivity index (χ1) is 13.9. The maximum Gasteiger partial charge on any atom is 0.417 e. The SMILES string of the molecule is COC(=O)c1cc2n(c1)NC(c1cnccc1C(F)(F)F)=NC2N1CCOCC1. The molecule has 0 bridgehead atoms. The van der Waals surface area contributed by atoms with Crippen LogP contribution in [0.25, 0.3) is 0 Å². The van der Waals surface area contributed by atoms with Crippen LogP contribution in [0, 0.1) is 0 Å². The molecule has 1 atom stereocenters. The zero-order chi connectivity index (χ0) is 20.6. The van der Waals surface area contributed by atoms with Gasteiger partial charge < -0.3 is 9.47 Å². The summed E-state index contributed by atoms with van der Waals surface area (Å²) < 4.78 is 52.1. The molecule has 154 valence electrons. The Bertz CT molecular complexity index is 950. The Morgan fingerprint density at radius 1 is 1.34 bits per heavy atom. The number of nitrogens with zero attached hydrogens (tertiary/aromatic N) is 4. The van der Waals surface area contributed by atoms with Gasteiger partial charge in [-0.05, 0) is 12.1 Å². The Morgan fingerprint density at radius 3 is 2.79 bits per heavy atom. The topological polar surface area (TPSA) is 81.0 Å². The van der Waals surface area contributed by atoms with Crippen molar-refractivity contribution in [3.63, 3.8) is 0 Å². The molecule has 0 aromatic carbocycles. The number of amidine groups is 1. The number of alkyl halides is 3. The summed E-state index contributed by atoms with van der Waals surface area (Å²) >= 11 is 0. The molecule has 1 N–H and O–H groups in total. The fourth-order valence-corrected chi connectivity index (χ4v) is 3.39. The number of rotatable bonds is 3. The molecule has 0 amide bonds. The highest BCUT2D eigenvalue weighted by Gasteiger charge is 2.37. The van der Waals surface area contributed by atoms with E-state index in [9.17, 15) is 18.0 Å². The Kier molecular flexibility index (Phi) is 5.01. The van der Waals surface area contributed by atoms with Crippen molar-refractivity contribution in [3.05, 3.63) is 53.1 Å². The van der Waals surface area contributed by atoms with E-state index >= 15 is 0 Å². The maximum absolute atomic E-state index is 13.5. The Hall–Kier alpha value is -2.92. The van der Waals surface area contributed by atoms with Gasteiger partial charge >= 0.3 is 12.1 Å². The molecule has 1 unspecified atom stereocenters. The first kappa shape index (κ1) is 19.4. The highest BCUT2D eigenvalue weighted by atomic mass is 19.4. The van der Waals surface area contributed by atoms with Gasteiger partial charge in [0.15, 0.2) is 5.84 Å². The lowest BCUT2D eigenvalue weighted by Crippen LogP contribution is -2.43. The molecule has 0 radical (unpaired) electrons. The summed E-state index contributed by atoms with van der Waals surface area (Å²) in [5, 5.41) is 0. The molecule has 2 aromatic rings. The van der Waals surface area contributed by atoms with E-state index in [-0.39, 0.29) is 17.0 Å². The van der Waals surface area contributed by atoms with Gasteiger partial charge in [-0.1, -0.05) is 0 Å². The molecule has 29 heavy (non-hydrogen) atoms. The maximum atomic E-state index is 13.5. The normalized spacial score (nSPS) is 19.9. The molecule has 8 nitrogen and oxygen atoms in total. The number of esters is 1. The van der Waals surface area contributed by atoms with Crippen LogP contribution in [0.4, 0.5) is 13.2 Å². The fourth-order valence-electron chi connectivity index (χ4n) is 3.39. The summed E-state index contributed by atoms with van der Waals surface area (Å²) in [4.78, 5) is 22.3. The molecule has 4 heterocycles. The number of hydrogen-bond donors (Lipinski definition) is 1. The second kappa shape index (κ2) is 7.48. The van der Waals surface area contributed by atoms with Crippen molar-refractivity contribution < 1.29 is 27.4 Å². The van der Waals surface area contributed by atoms with Gasteiger partial charge in [-0.15, -0.1) is 0 Å². The van der Waals surface area contributed by atoms with Crippen molar-refractivity contribution in [2.75, 3.05) is 38.8 Å². The average molecular weight is 409 g/mol. The third-order valence-electron chi connectivity index (χ3n) is 4.79. The molecule has 0 aliphatic carbocycles. The van der Waals surface area contributed by atoms with E-state index in [1.54, 1.807) is 6.07 Å². The van der Waals surface area contributed by atoms with Gasteiger partial charge in [-0.3, -0.25) is 20.0 Å². The van der Waals surface area contributed by atoms with Crippen LogP contribution in [-0.4, -0.2) is 59.8 Å². The van der Waals surface area contributed by atoms with Gasteiger partial charge in [-0.2, -0.15) is 13.2 Å². The molecule has 2 aromatic heterocycles. The fraction of sp³-hybridized carbons (Fsp3) is 0.389. The van der Waals surface area contributed by atoms with Crippen LogP contribution < -0.4 is 5.43 Å². The van der Waals surface area contributed by atoms with Crippen molar-refractivity contribution in [1.82, 2.24) is 14.6 Å². The highest BCUT2D eigenvalue weighted by Crippen LogP contribution is 2.34. The second-order valence-corrected chi connectivity index (χ2v) is 6.55. The summed E-state index contributed by atoms with van der Waals surface area (Å²) in [5.41, 5.74) is 2.73. The van der Waals surface area contributed by atoms with Crippen molar-refractivity contribution >= 4 is 11.8 Å². The van der Waals surface area contributed by atoms with E-state index in [1.807, 2.05) is 4.90 Å². The Morgan fingerprint density at radius 2 is 2.10 bits per heavy atom. The van der Waals surface area contributed by atoms with Gasteiger partial charge in [0.1, 0.15) is 6.17 Å². The minimum atomic E-state index is -4.56. The summed E-state index contributed by atoms with van der Waals surface area (Å²) in [6, 6.07) is 2.53. The first-order valence-electron chi connectivity index (χ1n) is 8.87. The van der Waals surface area contributed by atoms with Gasteiger partial charge in [0.2, 0.25) is 0 Å². The third-order valence-corrected chi connectivity index (χ3v) is 4.79. The van der Waals surface area contributed by atoms with Crippen LogP contribution in [0.15, 0.2) is 35.7 Å². The number of ether oxygens (including phenoxy) is 2. The lowest BCUT2D eigenvalue weighted by atomic mass is 10.1. The van der Waals surface area contributed by atoms with Crippen molar-refractivity contribution in [1.29, 1.82) is 0 Å². The van der Waals surface area contributed by atoms with E-state index in [1.165, 1.54) is 18.0 Å². The summed E-state index contributed by atoms with van der Waals surface area (Å²) in [6.07, 6.45) is -1.46. The molecular weight excluding hydrogens is 391 g/mol. The zero-order valence-corrected chi connectivity index (χ0v) is 15.4. The smallest absolute Gasteiger partial charge is 0.417 e. The molecular formula is C18H18F3N5O3. The Balaban J connectivity index is 1.79. The zero-order valence-electron chi connectivity index (χ0n) is 15.4. The summed E-state index contributed by atoms with van der Waals surface area (Å²) in [6.45, 7) is 2.08. The molecule has 0 saturated carbocycles. The predicted octanol–water partition coefficient (Wildman–Crippen LogP) is 2.02. The van der Waals surface area contributed by atoms with Gasteiger partial charge in [0.05, 0.1) is 37.1 Å². The van der Waals surface area contributed by atoms with Crippen LogP contribution in [-0.2, 0) is 15.7 Å². The van der Waals surface area contributed by atoms with E-state index in [0.717, 1.165) is 18.5 Å². The van der Waals surface area contributed by atoms with Crippen LogP contribution in [0.1, 0.15) is 33.3 Å². The number of morpholine rings is 1. The minimum Gasteiger partial charge on any atom is -0.465 e. The molecule has 1 saturated heterocycles. The van der Waals surface area contributed by atoms with Crippen LogP contribution in [0.3, 0.4) is 0 Å². The summed E-state index contributed by atoms with van der Waals surface area (Å²) in [7, 11) is 1.26. The van der Waals surface area contributed by atoms with Crippen molar-refractivity contribution in [3.8, 4) is 0 Å². The molecule has 2 aliphatic rings. The van der Waals surface area contributed by atoms with Crippen molar-refractivity contribution in [2.45, 2.75) is 12.3 Å². The molecule has 0 spiro atoms. The number of aliphatic imine (C=N–C) groups is 1. The minimum absolute atomic E-state index is 0.0152. The number of nitrogens with one attached hydrogen (secondary N) is 1. The number of hydrogen-bond acceptors (Lipinski definition) is 7. The second-order valence-electron chi connectivity index (χ2n) is 6.55. The summed E-state index contributed by atoms with van der Waals surface area (Å²) in [5.74, 6) is -0.533. The van der Waals surface area contributed by atoms with E-state index < -0.39 is 23.9 Å². The van der Waals surface area contributed by atoms with Crippen molar-refractivity contribution in [2.24, 2.45) is 4.99 Å². The van der Waals surface area contributed by atoms with E-state index in [0.29, 0.717) is 32.0 Å². The number of carbonyl (C=O) groups excluding carboxylic acids is 1. The molecule has 1 fully saturated rings. The lowest BCUT2D eigenvalue weighted by molar-refractivity contribution is -0.137.